The summed E-state index contributed by atoms with van der Waals surface area (Å²) in [4.78, 5) is 4.34. The van der Waals surface area contributed by atoms with E-state index >= 15 is 0 Å². The molecule has 0 saturated heterocycles. The van der Waals surface area contributed by atoms with Gasteiger partial charge in [-0.3, -0.25) is 0 Å². The Balaban J connectivity index is 1.73. The monoisotopic (exact) mass is 304 g/mol. The van der Waals surface area contributed by atoms with Crippen LogP contribution in [0.4, 0.5) is 0 Å². The van der Waals surface area contributed by atoms with Gasteiger partial charge < -0.3 is 9.84 Å². The second kappa shape index (κ2) is 6.02. The summed E-state index contributed by atoms with van der Waals surface area (Å²) in [6.45, 7) is 1.08. The zero-order chi connectivity index (χ0) is 14.7. The first kappa shape index (κ1) is 13.7. The van der Waals surface area contributed by atoms with Crippen LogP contribution in [-0.2, 0) is 13.1 Å². The van der Waals surface area contributed by atoms with Gasteiger partial charge in [0.1, 0.15) is 6.54 Å². The molecule has 3 rings (SSSR count). The Bertz CT molecular complexity index is 720. The minimum absolute atomic E-state index is 0.411. The summed E-state index contributed by atoms with van der Waals surface area (Å²) in [6, 6.07) is 7.23. The van der Waals surface area contributed by atoms with E-state index in [1.165, 1.54) is 0 Å². The first-order valence-electron chi connectivity index (χ1n) is 6.37. The largest absolute Gasteiger partial charge is 0.334 e. The minimum Gasteiger partial charge on any atom is -0.334 e. The number of benzene rings is 1. The molecule has 0 aliphatic heterocycles. The van der Waals surface area contributed by atoms with Gasteiger partial charge in [0.2, 0.25) is 0 Å². The highest BCUT2D eigenvalue weighted by atomic mass is 35.5. The lowest BCUT2D eigenvalue weighted by molar-refractivity contribution is 0.418. The summed E-state index contributed by atoms with van der Waals surface area (Å²) in [5.41, 5.74) is 1.69. The van der Waals surface area contributed by atoms with E-state index in [-0.39, 0.29) is 0 Å². The van der Waals surface area contributed by atoms with Crippen LogP contribution in [0.1, 0.15) is 11.5 Å². The van der Waals surface area contributed by atoms with Crippen LogP contribution in [0.5, 0.6) is 0 Å². The SMILES string of the molecule is CNCc1cn(Cc2noc(-c3ccc(Cl)cc3)n2)nn1. The minimum atomic E-state index is 0.411. The van der Waals surface area contributed by atoms with E-state index in [1.54, 1.807) is 16.8 Å². The van der Waals surface area contributed by atoms with Gasteiger partial charge in [0.25, 0.3) is 5.89 Å². The Labute approximate surface area is 125 Å². The van der Waals surface area contributed by atoms with E-state index in [4.69, 9.17) is 16.1 Å². The molecule has 0 atom stereocenters. The second-order valence-corrected chi connectivity index (χ2v) is 4.90. The fourth-order valence-corrected chi connectivity index (χ4v) is 1.98. The average Bonchev–Trinajstić information content (AvgIpc) is 3.11. The van der Waals surface area contributed by atoms with Crippen molar-refractivity contribution in [3.8, 4) is 11.5 Å². The molecule has 108 valence electrons. The summed E-state index contributed by atoms with van der Waals surface area (Å²) >= 11 is 5.85. The molecule has 0 saturated carbocycles. The third-order valence-electron chi connectivity index (χ3n) is 2.81. The van der Waals surface area contributed by atoms with Crippen molar-refractivity contribution >= 4 is 11.6 Å². The van der Waals surface area contributed by atoms with E-state index in [0.717, 1.165) is 11.3 Å². The fraction of sp³-hybridized carbons (Fsp3) is 0.231. The molecule has 2 aromatic heterocycles. The number of hydrogen-bond donors (Lipinski definition) is 1. The second-order valence-electron chi connectivity index (χ2n) is 4.46. The zero-order valence-electron chi connectivity index (χ0n) is 11.3. The number of rotatable bonds is 5. The summed E-state index contributed by atoms with van der Waals surface area (Å²) in [7, 11) is 1.86. The number of aromatic nitrogens is 5. The summed E-state index contributed by atoms with van der Waals surface area (Å²) in [5.74, 6) is 0.998. The molecule has 0 aliphatic rings. The van der Waals surface area contributed by atoms with Crippen LogP contribution >= 0.6 is 11.6 Å². The predicted octanol–water partition coefficient (Wildman–Crippen LogP) is 1.75. The Kier molecular flexibility index (Phi) is 3.94. The molecule has 0 unspecified atom stereocenters. The first-order chi connectivity index (χ1) is 10.2. The Morgan fingerprint density at radius 1 is 1.29 bits per heavy atom. The van der Waals surface area contributed by atoms with Gasteiger partial charge in [-0.1, -0.05) is 22.0 Å². The molecule has 21 heavy (non-hydrogen) atoms. The number of hydrogen-bond acceptors (Lipinski definition) is 6. The molecule has 3 aromatic rings. The highest BCUT2D eigenvalue weighted by Gasteiger charge is 2.10. The Morgan fingerprint density at radius 2 is 2.10 bits per heavy atom. The van der Waals surface area contributed by atoms with Crippen LogP contribution in [0.3, 0.4) is 0 Å². The zero-order valence-corrected chi connectivity index (χ0v) is 12.1. The smallest absolute Gasteiger partial charge is 0.257 e. The topological polar surface area (TPSA) is 81.7 Å². The van der Waals surface area contributed by atoms with Crippen molar-refractivity contribution in [1.82, 2.24) is 30.5 Å². The summed E-state index contributed by atoms with van der Waals surface area (Å²) in [6.07, 6.45) is 1.84. The Hall–Kier alpha value is -2.25. The normalized spacial score (nSPS) is 11.0. The van der Waals surface area contributed by atoms with Gasteiger partial charge in [-0.05, 0) is 31.3 Å². The Morgan fingerprint density at radius 3 is 2.86 bits per heavy atom. The maximum atomic E-state index is 5.85. The molecule has 1 aromatic carbocycles. The van der Waals surface area contributed by atoms with Crippen LogP contribution in [0.25, 0.3) is 11.5 Å². The number of halogens is 1. The van der Waals surface area contributed by atoms with Crippen LogP contribution in [0.2, 0.25) is 5.02 Å². The maximum Gasteiger partial charge on any atom is 0.257 e. The van der Waals surface area contributed by atoms with Gasteiger partial charge >= 0.3 is 0 Å². The molecule has 0 amide bonds. The first-order valence-corrected chi connectivity index (χ1v) is 6.74. The van der Waals surface area contributed by atoms with Gasteiger partial charge in [0.15, 0.2) is 5.82 Å². The highest BCUT2D eigenvalue weighted by molar-refractivity contribution is 6.30. The molecular weight excluding hydrogens is 292 g/mol. The summed E-state index contributed by atoms with van der Waals surface area (Å²) in [5, 5.41) is 15.7. The van der Waals surface area contributed by atoms with Gasteiger partial charge in [-0.15, -0.1) is 5.10 Å². The van der Waals surface area contributed by atoms with Gasteiger partial charge in [-0.2, -0.15) is 4.98 Å². The molecule has 8 heteroatoms. The third-order valence-corrected chi connectivity index (χ3v) is 3.06. The molecule has 0 bridgehead atoms. The molecular formula is C13H13ClN6O. The maximum absolute atomic E-state index is 5.85. The molecule has 0 aliphatic carbocycles. The van der Waals surface area contributed by atoms with Gasteiger partial charge in [0.05, 0.1) is 11.9 Å². The van der Waals surface area contributed by atoms with E-state index in [2.05, 4.69) is 25.8 Å². The standard InChI is InChI=1S/C13H13ClN6O/c1-15-6-11-7-20(19-17-11)8-12-16-13(21-18-12)9-2-4-10(14)5-3-9/h2-5,7,15H,6,8H2,1H3. The highest BCUT2D eigenvalue weighted by Crippen LogP contribution is 2.19. The van der Waals surface area contributed by atoms with Crippen molar-refractivity contribution in [2.24, 2.45) is 0 Å². The molecule has 7 nitrogen and oxygen atoms in total. The van der Waals surface area contributed by atoms with E-state index in [0.29, 0.717) is 29.8 Å². The van der Waals surface area contributed by atoms with E-state index in [1.807, 2.05) is 25.4 Å². The number of nitrogens with zero attached hydrogens (tertiary/aromatic N) is 5. The van der Waals surface area contributed by atoms with Crippen molar-refractivity contribution in [1.29, 1.82) is 0 Å². The third kappa shape index (κ3) is 3.26. The van der Waals surface area contributed by atoms with Crippen molar-refractivity contribution < 1.29 is 4.52 Å². The summed E-state index contributed by atoms with van der Waals surface area (Å²) < 4.78 is 6.91. The quantitative estimate of drug-likeness (QED) is 0.773. The van der Waals surface area contributed by atoms with E-state index < -0.39 is 0 Å². The number of nitrogens with one attached hydrogen (secondary N) is 1. The lowest BCUT2D eigenvalue weighted by atomic mass is 10.2. The molecule has 1 N–H and O–H groups in total. The fourth-order valence-electron chi connectivity index (χ4n) is 1.85. The van der Waals surface area contributed by atoms with Gasteiger partial charge in [-0.25, -0.2) is 4.68 Å². The lowest BCUT2D eigenvalue weighted by Crippen LogP contribution is -2.05. The van der Waals surface area contributed by atoms with Crippen molar-refractivity contribution in [3.63, 3.8) is 0 Å². The predicted molar refractivity (Wildman–Crippen MR) is 76.6 cm³/mol. The van der Waals surface area contributed by atoms with Gasteiger partial charge in [0, 0.05) is 17.1 Å². The molecule has 0 fully saturated rings. The van der Waals surface area contributed by atoms with Crippen molar-refractivity contribution in [2.75, 3.05) is 7.05 Å². The molecule has 0 radical (unpaired) electrons. The average molecular weight is 305 g/mol. The van der Waals surface area contributed by atoms with Crippen molar-refractivity contribution in [2.45, 2.75) is 13.1 Å². The van der Waals surface area contributed by atoms with Crippen LogP contribution in [-0.4, -0.2) is 32.2 Å². The van der Waals surface area contributed by atoms with Crippen LogP contribution < -0.4 is 5.32 Å². The van der Waals surface area contributed by atoms with E-state index in [9.17, 15) is 0 Å². The molecule has 0 spiro atoms. The lowest BCUT2D eigenvalue weighted by Gasteiger charge is -1.94. The van der Waals surface area contributed by atoms with Crippen LogP contribution in [0.15, 0.2) is 35.0 Å². The van der Waals surface area contributed by atoms with Crippen LogP contribution in [0, 0.1) is 0 Å². The molecule has 2 heterocycles. The van der Waals surface area contributed by atoms with Crippen molar-refractivity contribution in [3.05, 3.63) is 47.0 Å².